The highest BCUT2D eigenvalue weighted by Crippen LogP contribution is 2.32. The molecule has 1 aliphatic heterocycles. The summed E-state index contributed by atoms with van der Waals surface area (Å²) in [6, 6.07) is 15.2. The van der Waals surface area contributed by atoms with Crippen molar-refractivity contribution in [3.05, 3.63) is 64.1 Å². The molecule has 1 aliphatic rings. The van der Waals surface area contributed by atoms with Crippen molar-refractivity contribution in [2.24, 2.45) is 0 Å². The number of anilines is 1. The Labute approximate surface area is 161 Å². The Kier molecular flexibility index (Phi) is 6.06. The molecule has 1 heterocycles. The SMILES string of the molecule is COC(=O)c1ccc(NC(=O)CN2CCCC2c2cccc(Br)c2)cc1. The average molecular weight is 417 g/mol. The number of carbonyl (C=O) groups is 2. The average Bonchev–Trinajstić information content (AvgIpc) is 3.09. The fraction of sp³-hybridized carbons (Fsp3) is 0.300. The normalized spacial score (nSPS) is 17.1. The summed E-state index contributed by atoms with van der Waals surface area (Å²) in [7, 11) is 1.34. The van der Waals surface area contributed by atoms with Crippen LogP contribution in [-0.2, 0) is 9.53 Å². The Hall–Kier alpha value is -2.18. The Morgan fingerprint density at radius 3 is 2.69 bits per heavy atom. The minimum atomic E-state index is -0.392. The number of nitrogens with zero attached hydrogens (tertiary/aromatic N) is 1. The Bertz CT molecular complexity index is 792. The summed E-state index contributed by atoms with van der Waals surface area (Å²) < 4.78 is 5.72. The third kappa shape index (κ3) is 4.51. The van der Waals surface area contributed by atoms with Gasteiger partial charge in [0.2, 0.25) is 5.91 Å². The molecule has 0 aromatic heterocycles. The Morgan fingerprint density at radius 2 is 2.00 bits per heavy atom. The lowest BCUT2D eigenvalue weighted by Crippen LogP contribution is -2.32. The van der Waals surface area contributed by atoms with Crippen molar-refractivity contribution in [3.8, 4) is 0 Å². The van der Waals surface area contributed by atoms with Crippen LogP contribution in [0.1, 0.15) is 34.8 Å². The lowest BCUT2D eigenvalue weighted by Gasteiger charge is -2.24. The highest BCUT2D eigenvalue weighted by Gasteiger charge is 2.27. The van der Waals surface area contributed by atoms with Crippen LogP contribution in [-0.4, -0.2) is 37.0 Å². The van der Waals surface area contributed by atoms with Crippen LogP contribution in [0.25, 0.3) is 0 Å². The third-order valence-corrected chi connectivity index (χ3v) is 5.03. The van der Waals surface area contributed by atoms with E-state index in [4.69, 9.17) is 0 Å². The lowest BCUT2D eigenvalue weighted by molar-refractivity contribution is -0.117. The molecule has 3 rings (SSSR count). The molecule has 1 unspecified atom stereocenters. The second-order valence-electron chi connectivity index (χ2n) is 6.30. The van der Waals surface area contributed by atoms with Crippen molar-refractivity contribution in [1.29, 1.82) is 0 Å². The molecule has 0 saturated carbocycles. The molecule has 1 saturated heterocycles. The van der Waals surface area contributed by atoms with Crippen molar-refractivity contribution in [2.45, 2.75) is 18.9 Å². The maximum atomic E-state index is 12.4. The fourth-order valence-corrected chi connectivity index (χ4v) is 3.72. The summed E-state index contributed by atoms with van der Waals surface area (Å²) >= 11 is 3.51. The van der Waals surface area contributed by atoms with Gasteiger partial charge in [0, 0.05) is 16.2 Å². The summed E-state index contributed by atoms with van der Waals surface area (Å²) in [6.07, 6.45) is 2.13. The van der Waals surface area contributed by atoms with Gasteiger partial charge in [-0.1, -0.05) is 28.1 Å². The molecule has 0 radical (unpaired) electrons. The number of rotatable bonds is 5. The number of halogens is 1. The molecule has 1 N–H and O–H groups in total. The number of amides is 1. The summed E-state index contributed by atoms with van der Waals surface area (Å²) in [5.74, 6) is -0.450. The molecule has 26 heavy (non-hydrogen) atoms. The van der Waals surface area contributed by atoms with Crippen LogP contribution in [0, 0.1) is 0 Å². The number of benzene rings is 2. The van der Waals surface area contributed by atoms with Crippen molar-refractivity contribution in [2.75, 3.05) is 25.5 Å². The largest absolute Gasteiger partial charge is 0.465 e. The molecule has 1 atom stereocenters. The zero-order valence-corrected chi connectivity index (χ0v) is 16.2. The molecule has 1 amide bonds. The second kappa shape index (κ2) is 8.47. The van der Waals surface area contributed by atoms with Crippen LogP contribution < -0.4 is 5.32 Å². The first-order valence-electron chi connectivity index (χ1n) is 8.54. The van der Waals surface area contributed by atoms with Crippen molar-refractivity contribution < 1.29 is 14.3 Å². The monoisotopic (exact) mass is 416 g/mol. The summed E-state index contributed by atoms with van der Waals surface area (Å²) in [6.45, 7) is 1.25. The number of ether oxygens (including phenoxy) is 1. The summed E-state index contributed by atoms with van der Waals surface area (Å²) in [5, 5.41) is 2.89. The predicted octanol–water partition coefficient (Wildman–Crippen LogP) is 4.01. The molecular weight excluding hydrogens is 396 g/mol. The van der Waals surface area contributed by atoms with E-state index in [1.807, 2.05) is 12.1 Å². The molecule has 0 bridgehead atoms. The van der Waals surface area contributed by atoms with Crippen molar-refractivity contribution in [1.82, 2.24) is 4.90 Å². The number of carbonyl (C=O) groups excluding carboxylic acids is 2. The zero-order chi connectivity index (χ0) is 18.5. The van der Waals surface area contributed by atoms with Crippen LogP contribution in [0.4, 0.5) is 5.69 Å². The number of nitrogens with one attached hydrogen (secondary N) is 1. The van der Waals surface area contributed by atoms with E-state index in [-0.39, 0.29) is 11.9 Å². The number of esters is 1. The number of hydrogen-bond acceptors (Lipinski definition) is 4. The minimum absolute atomic E-state index is 0.0577. The van der Waals surface area contributed by atoms with E-state index in [0.717, 1.165) is 23.9 Å². The van der Waals surface area contributed by atoms with E-state index >= 15 is 0 Å². The molecule has 0 spiro atoms. The smallest absolute Gasteiger partial charge is 0.337 e. The Morgan fingerprint density at radius 1 is 1.23 bits per heavy atom. The van der Waals surface area contributed by atoms with E-state index < -0.39 is 5.97 Å². The van der Waals surface area contributed by atoms with E-state index in [1.54, 1.807) is 24.3 Å². The molecular formula is C20H21BrN2O3. The molecule has 2 aromatic rings. The first-order chi connectivity index (χ1) is 12.6. The van der Waals surface area contributed by atoms with Gasteiger partial charge in [-0.15, -0.1) is 0 Å². The first kappa shape index (κ1) is 18.6. The van der Waals surface area contributed by atoms with Gasteiger partial charge in [-0.3, -0.25) is 9.69 Å². The first-order valence-corrected chi connectivity index (χ1v) is 9.34. The number of hydrogen-bond donors (Lipinski definition) is 1. The number of likely N-dealkylation sites (tertiary alicyclic amines) is 1. The van der Waals surface area contributed by atoms with Gasteiger partial charge in [0.1, 0.15) is 0 Å². The molecule has 2 aromatic carbocycles. The maximum absolute atomic E-state index is 12.4. The molecule has 5 nitrogen and oxygen atoms in total. The predicted molar refractivity (Wildman–Crippen MR) is 104 cm³/mol. The lowest BCUT2D eigenvalue weighted by atomic mass is 10.0. The Balaban J connectivity index is 1.61. The highest BCUT2D eigenvalue weighted by atomic mass is 79.9. The van der Waals surface area contributed by atoms with Gasteiger partial charge in [0.15, 0.2) is 0 Å². The van der Waals surface area contributed by atoms with Crippen LogP contribution in [0.15, 0.2) is 53.0 Å². The topological polar surface area (TPSA) is 58.6 Å². The highest BCUT2D eigenvalue weighted by molar-refractivity contribution is 9.10. The van der Waals surface area contributed by atoms with Crippen LogP contribution in [0.3, 0.4) is 0 Å². The summed E-state index contributed by atoms with van der Waals surface area (Å²) in [4.78, 5) is 26.1. The summed E-state index contributed by atoms with van der Waals surface area (Å²) in [5.41, 5.74) is 2.35. The van der Waals surface area contributed by atoms with E-state index in [0.29, 0.717) is 17.8 Å². The van der Waals surface area contributed by atoms with E-state index in [1.165, 1.54) is 12.7 Å². The molecule has 136 valence electrons. The van der Waals surface area contributed by atoms with Gasteiger partial charge in [0.05, 0.1) is 19.2 Å². The maximum Gasteiger partial charge on any atom is 0.337 e. The second-order valence-corrected chi connectivity index (χ2v) is 7.22. The van der Waals surface area contributed by atoms with Gasteiger partial charge >= 0.3 is 5.97 Å². The van der Waals surface area contributed by atoms with Gasteiger partial charge in [0.25, 0.3) is 0 Å². The van der Waals surface area contributed by atoms with Crippen LogP contribution in [0.2, 0.25) is 0 Å². The fourth-order valence-electron chi connectivity index (χ4n) is 3.30. The van der Waals surface area contributed by atoms with E-state index in [9.17, 15) is 9.59 Å². The van der Waals surface area contributed by atoms with Crippen LogP contribution >= 0.6 is 15.9 Å². The molecule has 6 heteroatoms. The van der Waals surface area contributed by atoms with Crippen molar-refractivity contribution in [3.63, 3.8) is 0 Å². The van der Waals surface area contributed by atoms with Gasteiger partial charge in [-0.05, 0) is 61.3 Å². The van der Waals surface area contributed by atoms with Crippen molar-refractivity contribution >= 4 is 33.5 Å². The van der Waals surface area contributed by atoms with E-state index in [2.05, 4.69) is 43.0 Å². The standard InChI is InChI=1S/C20H21BrN2O3/c1-26-20(25)14-7-9-17(10-8-14)22-19(24)13-23-11-3-6-18(23)15-4-2-5-16(21)12-15/h2,4-5,7-10,12,18H,3,6,11,13H2,1H3,(H,22,24). The quantitative estimate of drug-likeness (QED) is 0.747. The zero-order valence-electron chi connectivity index (χ0n) is 14.6. The molecule has 1 fully saturated rings. The van der Waals surface area contributed by atoms with Gasteiger partial charge < -0.3 is 10.1 Å². The van der Waals surface area contributed by atoms with Gasteiger partial charge in [-0.2, -0.15) is 0 Å². The third-order valence-electron chi connectivity index (χ3n) is 4.53. The molecule has 0 aliphatic carbocycles. The minimum Gasteiger partial charge on any atom is -0.465 e. The number of methoxy groups -OCH3 is 1. The van der Waals surface area contributed by atoms with Crippen LogP contribution in [0.5, 0.6) is 0 Å². The van der Waals surface area contributed by atoms with Gasteiger partial charge in [-0.25, -0.2) is 4.79 Å².